The van der Waals surface area contributed by atoms with Crippen molar-refractivity contribution in [2.75, 3.05) is 6.61 Å². The molecule has 0 spiro atoms. The van der Waals surface area contributed by atoms with Crippen molar-refractivity contribution < 1.29 is 9.84 Å². The third-order valence-electron chi connectivity index (χ3n) is 1.46. The third-order valence-corrected chi connectivity index (χ3v) is 1.46. The molecule has 0 aromatic heterocycles. The molecule has 0 fully saturated rings. The van der Waals surface area contributed by atoms with Gasteiger partial charge in [0.05, 0.1) is 14.0 Å². The van der Waals surface area contributed by atoms with Gasteiger partial charge in [-0.1, -0.05) is 24.5 Å². The fourth-order valence-electron chi connectivity index (χ4n) is 0.777. The van der Waals surface area contributed by atoms with Crippen LogP contribution in [0.1, 0.15) is 0 Å². The highest BCUT2D eigenvalue weighted by Crippen LogP contribution is 2.08. The van der Waals surface area contributed by atoms with Crippen LogP contribution in [0.25, 0.3) is 0 Å². The van der Waals surface area contributed by atoms with E-state index in [0.29, 0.717) is 0 Å². The maximum absolute atomic E-state index is 9.07. The number of rotatable bonds is 4. The van der Waals surface area contributed by atoms with E-state index in [2.05, 4.69) is 0 Å². The van der Waals surface area contributed by atoms with E-state index < -0.39 is 6.10 Å². The fourth-order valence-corrected chi connectivity index (χ4v) is 0.777. The van der Waals surface area contributed by atoms with Crippen LogP contribution >= 0.6 is 0 Å². The predicted octanol–water partition coefficient (Wildman–Crippen LogP) is 1.01. The van der Waals surface area contributed by atoms with E-state index in [1.165, 1.54) is 0 Å². The predicted molar refractivity (Wildman–Crippen MR) is 48.5 cm³/mol. The average Bonchev–Trinajstić information content (AvgIpc) is 2.16. The molecule has 1 N–H and O–H groups in total. The molecule has 0 aliphatic rings. The van der Waals surface area contributed by atoms with Crippen molar-refractivity contribution in [2.24, 2.45) is 0 Å². The number of benzene rings is 1. The summed E-state index contributed by atoms with van der Waals surface area (Å²) in [5, 5.41) is 9.07. The lowest BCUT2D eigenvalue weighted by Crippen LogP contribution is -2.16. The number of aliphatic hydroxyl groups excluding tert-OH is 1. The van der Waals surface area contributed by atoms with Crippen LogP contribution in [0.2, 0.25) is 6.32 Å². The summed E-state index contributed by atoms with van der Waals surface area (Å²) in [5.41, 5.74) is 0. The third kappa shape index (κ3) is 2.97. The molecule has 1 unspecified atom stereocenters. The molecule has 1 aromatic carbocycles. The Balaban J connectivity index is 2.33. The van der Waals surface area contributed by atoms with Crippen LogP contribution in [0.3, 0.4) is 0 Å². The molecule has 0 amide bonds. The number of hydrogen-bond donors (Lipinski definition) is 1. The van der Waals surface area contributed by atoms with E-state index in [0.717, 1.165) is 5.75 Å². The molecule has 3 heteroatoms. The van der Waals surface area contributed by atoms with Gasteiger partial charge in [0.25, 0.3) is 0 Å². The molecule has 0 aliphatic carbocycles. The van der Waals surface area contributed by atoms with Crippen LogP contribution < -0.4 is 4.74 Å². The van der Waals surface area contributed by atoms with Crippen molar-refractivity contribution in [1.29, 1.82) is 0 Å². The molecular weight excluding hydrogens is 151 g/mol. The van der Waals surface area contributed by atoms with Crippen LogP contribution in [-0.2, 0) is 0 Å². The largest absolute Gasteiger partial charge is 0.491 e. The molecule has 1 atom stereocenters. The van der Waals surface area contributed by atoms with Crippen molar-refractivity contribution >= 4 is 7.85 Å². The van der Waals surface area contributed by atoms with E-state index in [-0.39, 0.29) is 12.9 Å². The second-order valence-electron chi connectivity index (χ2n) is 2.51. The van der Waals surface area contributed by atoms with Gasteiger partial charge in [0.15, 0.2) is 0 Å². The van der Waals surface area contributed by atoms with Gasteiger partial charge >= 0.3 is 0 Å². The lowest BCUT2D eigenvalue weighted by atomic mass is 10.0. The molecule has 1 rings (SSSR count). The highest BCUT2D eigenvalue weighted by atomic mass is 16.5. The van der Waals surface area contributed by atoms with Crippen molar-refractivity contribution in [2.45, 2.75) is 12.4 Å². The SMILES string of the molecule is [B]CC(O)COc1ccccc1. The molecule has 0 bridgehead atoms. The minimum atomic E-state index is -0.579. The Hall–Kier alpha value is -0.955. The molecule has 12 heavy (non-hydrogen) atoms. The van der Waals surface area contributed by atoms with Gasteiger partial charge in [-0.05, 0) is 12.1 Å². The van der Waals surface area contributed by atoms with Crippen LogP contribution in [-0.4, -0.2) is 25.7 Å². The molecule has 0 aliphatic heterocycles. The van der Waals surface area contributed by atoms with Crippen LogP contribution in [0.5, 0.6) is 5.75 Å². The first-order valence-electron chi connectivity index (χ1n) is 3.89. The quantitative estimate of drug-likeness (QED) is 0.669. The number of hydrogen-bond acceptors (Lipinski definition) is 2. The Bertz CT molecular complexity index is 213. The van der Waals surface area contributed by atoms with E-state index in [4.69, 9.17) is 17.7 Å². The highest BCUT2D eigenvalue weighted by molar-refractivity contribution is 6.08. The first-order valence-corrected chi connectivity index (χ1v) is 3.89. The monoisotopic (exact) mass is 162 g/mol. The number of aliphatic hydroxyl groups is 1. The molecule has 0 saturated heterocycles. The molecular formula is C9H11BO2. The van der Waals surface area contributed by atoms with Gasteiger partial charge in [-0.15, -0.1) is 0 Å². The van der Waals surface area contributed by atoms with Gasteiger partial charge in [0.1, 0.15) is 12.4 Å². The second-order valence-corrected chi connectivity index (χ2v) is 2.51. The van der Waals surface area contributed by atoms with Crippen LogP contribution in [0.15, 0.2) is 30.3 Å². The van der Waals surface area contributed by atoms with Crippen molar-refractivity contribution in [3.05, 3.63) is 30.3 Å². The van der Waals surface area contributed by atoms with Crippen molar-refractivity contribution in [3.8, 4) is 5.75 Å². The van der Waals surface area contributed by atoms with E-state index in [9.17, 15) is 0 Å². The minimum Gasteiger partial charge on any atom is -0.491 e. The Morgan fingerprint density at radius 1 is 1.33 bits per heavy atom. The summed E-state index contributed by atoms with van der Waals surface area (Å²) in [7, 11) is 5.21. The zero-order valence-electron chi connectivity index (χ0n) is 6.81. The standard InChI is InChI=1S/C9H11BO2/c10-6-8(11)7-12-9-4-2-1-3-5-9/h1-5,8,11H,6-7H2. The summed E-state index contributed by atoms with van der Waals surface area (Å²) >= 11 is 0. The lowest BCUT2D eigenvalue weighted by molar-refractivity contribution is 0.123. The second kappa shape index (κ2) is 4.83. The molecule has 2 radical (unpaired) electrons. The summed E-state index contributed by atoms with van der Waals surface area (Å²) in [5.74, 6) is 0.755. The zero-order chi connectivity index (χ0) is 8.81. The lowest BCUT2D eigenvalue weighted by Gasteiger charge is -2.09. The summed E-state index contributed by atoms with van der Waals surface area (Å²) in [6.45, 7) is 0.251. The first-order chi connectivity index (χ1) is 5.83. The molecule has 0 heterocycles. The zero-order valence-corrected chi connectivity index (χ0v) is 6.81. The normalized spacial score (nSPS) is 12.4. The van der Waals surface area contributed by atoms with Gasteiger partial charge in [0, 0.05) is 0 Å². The summed E-state index contributed by atoms with van der Waals surface area (Å²) in [6, 6.07) is 9.34. The van der Waals surface area contributed by atoms with Gasteiger partial charge in [0.2, 0.25) is 0 Å². The Morgan fingerprint density at radius 2 is 2.00 bits per heavy atom. The molecule has 1 aromatic rings. The maximum Gasteiger partial charge on any atom is 0.119 e. The Kier molecular flexibility index (Phi) is 3.68. The van der Waals surface area contributed by atoms with Gasteiger partial charge in [-0.3, -0.25) is 0 Å². The average molecular weight is 162 g/mol. The Morgan fingerprint density at radius 3 is 2.58 bits per heavy atom. The first kappa shape index (κ1) is 9.14. The van der Waals surface area contributed by atoms with E-state index in [1.807, 2.05) is 30.3 Å². The van der Waals surface area contributed by atoms with Crippen LogP contribution in [0, 0.1) is 0 Å². The highest BCUT2D eigenvalue weighted by Gasteiger charge is 1.99. The Labute approximate surface area is 73.6 Å². The van der Waals surface area contributed by atoms with E-state index in [1.54, 1.807) is 0 Å². The van der Waals surface area contributed by atoms with E-state index >= 15 is 0 Å². The van der Waals surface area contributed by atoms with Gasteiger partial charge in [-0.25, -0.2) is 0 Å². The minimum absolute atomic E-state index is 0.229. The smallest absolute Gasteiger partial charge is 0.119 e. The van der Waals surface area contributed by atoms with Gasteiger partial charge < -0.3 is 9.84 Å². The molecule has 62 valence electrons. The summed E-state index contributed by atoms with van der Waals surface area (Å²) < 4.78 is 5.23. The van der Waals surface area contributed by atoms with Crippen molar-refractivity contribution in [3.63, 3.8) is 0 Å². The van der Waals surface area contributed by atoms with Crippen molar-refractivity contribution in [1.82, 2.24) is 0 Å². The molecule has 0 saturated carbocycles. The number of ether oxygens (including phenoxy) is 1. The fraction of sp³-hybridized carbons (Fsp3) is 0.333. The number of para-hydroxylation sites is 1. The molecule has 2 nitrogen and oxygen atoms in total. The topological polar surface area (TPSA) is 29.5 Å². The van der Waals surface area contributed by atoms with Crippen LogP contribution in [0.4, 0.5) is 0 Å². The maximum atomic E-state index is 9.07. The summed E-state index contributed by atoms with van der Waals surface area (Å²) in [6.07, 6.45) is -0.350. The van der Waals surface area contributed by atoms with Gasteiger partial charge in [-0.2, -0.15) is 0 Å². The summed E-state index contributed by atoms with van der Waals surface area (Å²) in [4.78, 5) is 0.